The van der Waals surface area contributed by atoms with Crippen molar-refractivity contribution in [1.29, 1.82) is 0 Å². The van der Waals surface area contributed by atoms with Gasteiger partial charge in [0.25, 0.3) is 17.7 Å². The zero-order valence-corrected chi connectivity index (χ0v) is 25.4. The maximum atomic E-state index is 13.3. The maximum Gasteiger partial charge on any atom is 0.255 e. The van der Waals surface area contributed by atoms with Crippen LogP contribution in [0.1, 0.15) is 50.3 Å². The summed E-state index contributed by atoms with van der Waals surface area (Å²) >= 11 is 6.32. The second-order valence-corrected chi connectivity index (χ2v) is 11.8. The van der Waals surface area contributed by atoms with E-state index in [0.29, 0.717) is 54.4 Å². The number of carbonyl (C=O) groups excluding carboxylic acids is 3. The Morgan fingerprint density at radius 1 is 0.800 bits per heavy atom. The predicted octanol–water partition coefficient (Wildman–Crippen LogP) is 5.20. The van der Waals surface area contributed by atoms with E-state index in [1.54, 1.807) is 41.4 Å². The molecule has 45 heavy (non-hydrogen) atoms. The van der Waals surface area contributed by atoms with Crippen LogP contribution in [0.25, 0.3) is 22.3 Å². The van der Waals surface area contributed by atoms with Gasteiger partial charge < -0.3 is 26.0 Å². The van der Waals surface area contributed by atoms with Gasteiger partial charge in [-0.3, -0.25) is 14.4 Å². The van der Waals surface area contributed by atoms with E-state index in [9.17, 15) is 14.4 Å². The lowest BCUT2D eigenvalue weighted by Crippen LogP contribution is -2.38. The van der Waals surface area contributed by atoms with Crippen molar-refractivity contribution in [3.8, 4) is 22.3 Å². The number of nitrogens with zero attached hydrogens (tertiary/aromatic N) is 2. The van der Waals surface area contributed by atoms with Crippen LogP contribution in [0.2, 0.25) is 5.02 Å². The minimum Gasteiger partial charge on any atom is -0.383 e. The van der Waals surface area contributed by atoms with Crippen molar-refractivity contribution in [3.05, 3.63) is 107 Å². The van der Waals surface area contributed by atoms with Crippen LogP contribution in [0.5, 0.6) is 0 Å². The van der Waals surface area contributed by atoms with Gasteiger partial charge in [0, 0.05) is 71.9 Å². The number of benzene rings is 3. The van der Waals surface area contributed by atoms with Crippen molar-refractivity contribution in [3.63, 3.8) is 0 Å². The fourth-order valence-electron chi connectivity index (χ4n) is 5.74. The molecule has 2 fully saturated rings. The molecule has 2 aliphatic heterocycles. The SMILES string of the molecule is Nc1ncc(-c2ccc(C(=O)NC3CCOCC3)cc2)cc1C(=O)N[C@@H]1CCN(C(=O)c2ccc(-c3ccccc3Cl)cc2)C1. The van der Waals surface area contributed by atoms with E-state index in [-0.39, 0.29) is 41.2 Å². The molecule has 0 radical (unpaired) electrons. The van der Waals surface area contributed by atoms with Gasteiger partial charge in [-0.05, 0) is 66.8 Å². The molecule has 1 atom stereocenters. The number of hydrogen-bond acceptors (Lipinski definition) is 6. The summed E-state index contributed by atoms with van der Waals surface area (Å²) in [4.78, 5) is 45.2. The molecule has 6 rings (SSSR count). The molecule has 9 nitrogen and oxygen atoms in total. The highest BCUT2D eigenvalue weighted by Gasteiger charge is 2.29. The van der Waals surface area contributed by atoms with Crippen molar-refractivity contribution < 1.29 is 19.1 Å². The summed E-state index contributed by atoms with van der Waals surface area (Å²) in [5.74, 6) is -0.446. The number of halogens is 1. The molecule has 3 amide bonds. The molecule has 2 aliphatic rings. The van der Waals surface area contributed by atoms with Gasteiger partial charge in [0.05, 0.1) is 5.56 Å². The van der Waals surface area contributed by atoms with Crippen LogP contribution in [0.4, 0.5) is 5.82 Å². The third kappa shape index (κ3) is 7.00. The van der Waals surface area contributed by atoms with Crippen LogP contribution < -0.4 is 16.4 Å². The number of anilines is 1. The van der Waals surface area contributed by atoms with E-state index in [1.165, 1.54) is 0 Å². The normalized spacial score (nSPS) is 16.7. The van der Waals surface area contributed by atoms with E-state index in [4.69, 9.17) is 22.1 Å². The topological polar surface area (TPSA) is 127 Å². The molecule has 0 bridgehead atoms. The first-order chi connectivity index (χ1) is 21.9. The van der Waals surface area contributed by atoms with Gasteiger partial charge >= 0.3 is 0 Å². The van der Waals surface area contributed by atoms with Crippen molar-refractivity contribution in [2.75, 3.05) is 32.0 Å². The van der Waals surface area contributed by atoms with E-state index in [0.717, 1.165) is 29.5 Å². The second kappa shape index (κ2) is 13.5. The van der Waals surface area contributed by atoms with E-state index in [1.807, 2.05) is 48.5 Å². The van der Waals surface area contributed by atoms with Crippen molar-refractivity contribution in [1.82, 2.24) is 20.5 Å². The van der Waals surface area contributed by atoms with Crippen LogP contribution in [-0.2, 0) is 4.74 Å². The molecule has 4 aromatic rings. The highest BCUT2D eigenvalue weighted by molar-refractivity contribution is 6.33. The molecule has 3 heterocycles. The number of likely N-dealkylation sites (tertiary alicyclic amines) is 1. The minimum atomic E-state index is -0.349. The minimum absolute atomic E-state index is 0.0921. The quantitative estimate of drug-likeness (QED) is 0.260. The Bertz CT molecular complexity index is 1700. The smallest absolute Gasteiger partial charge is 0.255 e. The Balaban J connectivity index is 1.06. The Hall–Kier alpha value is -4.73. The van der Waals surface area contributed by atoms with Gasteiger partial charge in [-0.25, -0.2) is 4.98 Å². The summed E-state index contributed by atoms with van der Waals surface area (Å²) in [5.41, 5.74) is 10.8. The first-order valence-corrected chi connectivity index (χ1v) is 15.4. The number of nitrogen functional groups attached to an aromatic ring is 1. The summed E-state index contributed by atoms with van der Waals surface area (Å²) in [6.45, 7) is 2.22. The predicted molar refractivity (Wildman–Crippen MR) is 174 cm³/mol. The average Bonchev–Trinajstić information content (AvgIpc) is 3.54. The monoisotopic (exact) mass is 623 g/mol. The van der Waals surface area contributed by atoms with Gasteiger partial charge in [0.15, 0.2) is 0 Å². The molecule has 0 unspecified atom stereocenters. The zero-order valence-electron chi connectivity index (χ0n) is 24.7. The number of amides is 3. The van der Waals surface area contributed by atoms with Gasteiger partial charge in [0.1, 0.15) is 5.82 Å². The third-order valence-electron chi connectivity index (χ3n) is 8.33. The summed E-state index contributed by atoms with van der Waals surface area (Å²) < 4.78 is 5.36. The summed E-state index contributed by atoms with van der Waals surface area (Å²) in [5, 5.41) is 6.73. The van der Waals surface area contributed by atoms with Gasteiger partial charge in [0.2, 0.25) is 0 Å². The Morgan fingerprint density at radius 2 is 1.47 bits per heavy atom. The standard InChI is InChI=1S/C35H34ClN5O4/c36-31-4-2-1-3-29(31)23-7-11-25(12-8-23)35(44)41-16-13-28(21-41)40-34(43)30-19-26(20-38-32(30)37)22-5-9-24(10-6-22)33(42)39-27-14-17-45-18-15-27/h1-12,19-20,27-28H,13-18,21H2,(H2,37,38)(H,39,42)(H,40,43)/t28-/m1/s1. The van der Waals surface area contributed by atoms with Crippen molar-refractivity contribution >= 4 is 35.1 Å². The zero-order chi connectivity index (χ0) is 31.3. The Morgan fingerprint density at radius 3 is 2.20 bits per heavy atom. The lowest BCUT2D eigenvalue weighted by atomic mass is 10.0. The second-order valence-electron chi connectivity index (χ2n) is 11.4. The molecule has 0 spiro atoms. The van der Waals surface area contributed by atoms with Gasteiger partial charge in [-0.2, -0.15) is 0 Å². The maximum absolute atomic E-state index is 13.3. The molecular formula is C35H34ClN5O4. The number of nitrogens with one attached hydrogen (secondary N) is 2. The van der Waals surface area contributed by atoms with Crippen LogP contribution in [0.3, 0.4) is 0 Å². The van der Waals surface area contributed by atoms with E-state index < -0.39 is 0 Å². The summed E-state index contributed by atoms with van der Waals surface area (Å²) in [7, 11) is 0. The molecule has 2 saturated heterocycles. The van der Waals surface area contributed by atoms with Crippen LogP contribution in [0.15, 0.2) is 85.1 Å². The van der Waals surface area contributed by atoms with Gasteiger partial charge in [-0.1, -0.05) is 54.1 Å². The Kier molecular flexibility index (Phi) is 9.09. The fraction of sp³-hybridized carbons (Fsp3) is 0.257. The summed E-state index contributed by atoms with van der Waals surface area (Å²) in [6.07, 6.45) is 3.84. The molecule has 0 saturated carbocycles. The third-order valence-corrected chi connectivity index (χ3v) is 8.66. The molecule has 10 heteroatoms. The molecular weight excluding hydrogens is 590 g/mol. The number of pyridine rings is 1. The summed E-state index contributed by atoms with van der Waals surface area (Å²) in [6, 6.07) is 23.7. The molecule has 4 N–H and O–H groups in total. The number of ether oxygens (including phenoxy) is 1. The van der Waals surface area contributed by atoms with Crippen LogP contribution in [0, 0.1) is 0 Å². The lowest BCUT2D eigenvalue weighted by Gasteiger charge is -2.23. The number of aromatic nitrogens is 1. The highest BCUT2D eigenvalue weighted by atomic mass is 35.5. The molecule has 230 valence electrons. The number of nitrogens with two attached hydrogens (primary N) is 1. The Labute approximate surface area is 266 Å². The van der Waals surface area contributed by atoms with Crippen molar-refractivity contribution in [2.45, 2.75) is 31.3 Å². The van der Waals surface area contributed by atoms with E-state index in [2.05, 4.69) is 15.6 Å². The van der Waals surface area contributed by atoms with Crippen LogP contribution >= 0.6 is 11.6 Å². The number of carbonyl (C=O) groups is 3. The highest BCUT2D eigenvalue weighted by Crippen LogP contribution is 2.28. The number of hydrogen-bond donors (Lipinski definition) is 3. The number of rotatable bonds is 7. The fourth-order valence-corrected chi connectivity index (χ4v) is 5.98. The molecule has 3 aromatic carbocycles. The lowest BCUT2D eigenvalue weighted by molar-refractivity contribution is 0.0696. The van der Waals surface area contributed by atoms with Crippen molar-refractivity contribution in [2.24, 2.45) is 0 Å². The van der Waals surface area contributed by atoms with Crippen LogP contribution in [-0.4, -0.2) is 66.0 Å². The molecule has 0 aliphatic carbocycles. The average molecular weight is 624 g/mol. The molecule has 1 aromatic heterocycles. The largest absolute Gasteiger partial charge is 0.383 e. The van der Waals surface area contributed by atoms with Gasteiger partial charge in [-0.15, -0.1) is 0 Å². The first-order valence-electron chi connectivity index (χ1n) is 15.1. The first kappa shape index (κ1) is 30.3. The van der Waals surface area contributed by atoms with E-state index >= 15 is 0 Å².